The SMILES string of the molecule is C=C(O)CC(C)(C)CC(=O)OC1CC[C@]2(C)[C@H]3CCC4(N)[C@H]5[C@H](C(=C)C)CC[C@]5(CC(=O)N5CCN(CC)CC5)CC[C@@]4(C)[C@]3(C)CC[C@H]2C1(C)C. The number of fused-ring (bicyclic) bond motifs is 7. The van der Waals surface area contributed by atoms with E-state index < -0.39 is 5.41 Å². The van der Waals surface area contributed by atoms with Crippen LogP contribution in [0.3, 0.4) is 0 Å². The van der Waals surface area contributed by atoms with Gasteiger partial charge in [-0.25, -0.2) is 0 Å². The largest absolute Gasteiger partial charge is 0.513 e. The number of piperazine rings is 1. The molecule has 52 heavy (non-hydrogen) atoms. The Hall–Kier alpha value is -1.86. The quantitative estimate of drug-likeness (QED) is 0.140. The number of nitrogens with two attached hydrogens (primary N) is 1. The Morgan fingerprint density at radius 2 is 1.52 bits per heavy atom. The zero-order valence-corrected chi connectivity index (χ0v) is 34.7. The first kappa shape index (κ1) is 39.8. The second-order valence-corrected chi connectivity index (χ2v) is 21.2. The normalized spacial score (nSPS) is 43.0. The molecule has 0 bridgehead atoms. The van der Waals surface area contributed by atoms with Crippen molar-refractivity contribution in [3.05, 3.63) is 24.5 Å². The standard InChI is InChI=1S/C45H75N3O4/c1-12-47-23-25-48(26-24-47)36(50)28-44-19-13-32(30(2)3)38(44)45(46)20-15-34-41(9)17-16-35(52-37(51)29-39(5,6)27-31(4)49)40(7,8)33(41)14-18-42(34,10)43(45,11)21-22-44/h32-35,38,49H,2,4,12-29,46H2,1,3,5-11H3/t32-,33-,34+,35?,38-,41-,42+,43-,44+,45?/m0/s1. The number of carbonyl (C=O) groups excluding carboxylic acids is 2. The highest BCUT2D eigenvalue weighted by atomic mass is 16.5. The number of ether oxygens (including phenoxy) is 1. The van der Waals surface area contributed by atoms with Gasteiger partial charge >= 0.3 is 5.97 Å². The summed E-state index contributed by atoms with van der Waals surface area (Å²) in [4.78, 5) is 32.1. The number of hydrogen-bond donors (Lipinski definition) is 2. The molecule has 2 unspecified atom stereocenters. The number of carbonyl (C=O) groups is 2. The number of amides is 1. The monoisotopic (exact) mass is 722 g/mol. The fraction of sp³-hybridized carbons (Fsp3) is 0.867. The zero-order chi connectivity index (χ0) is 38.3. The van der Waals surface area contributed by atoms with Crippen molar-refractivity contribution in [2.45, 2.75) is 157 Å². The highest BCUT2D eigenvalue weighted by molar-refractivity contribution is 5.77. The Balaban J connectivity index is 1.25. The molecule has 0 aromatic rings. The van der Waals surface area contributed by atoms with Gasteiger partial charge in [-0.05, 0) is 128 Å². The van der Waals surface area contributed by atoms with E-state index in [4.69, 9.17) is 10.5 Å². The molecule has 3 N–H and O–H groups in total. The average molecular weight is 722 g/mol. The maximum atomic E-state index is 14.2. The zero-order valence-electron chi connectivity index (χ0n) is 34.7. The van der Waals surface area contributed by atoms with Crippen LogP contribution in [0.25, 0.3) is 0 Å². The minimum absolute atomic E-state index is 0.0470. The minimum atomic E-state index is -0.396. The maximum absolute atomic E-state index is 14.2. The van der Waals surface area contributed by atoms with Crippen LogP contribution in [-0.4, -0.2) is 71.1 Å². The van der Waals surface area contributed by atoms with E-state index in [9.17, 15) is 14.7 Å². The van der Waals surface area contributed by atoms with Gasteiger partial charge in [-0.3, -0.25) is 9.59 Å². The third kappa shape index (κ3) is 6.13. The molecule has 294 valence electrons. The van der Waals surface area contributed by atoms with Crippen molar-refractivity contribution < 1.29 is 19.4 Å². The molecule has 0 spiro atoms. The third-order valence-electron chi connectivity index (χ3n) is 17.7. The Morgan fingerprint density at radius 3 is 2.13 bits per heavy atom. The molecular formula is C45H75N3O4. The number of esters is 1. The van der Waals surface area contributed by atoms with Crippen LogP contribution in [0.2, 0.25) is 0 Å². The lowest BCUT2D eigenvalue weighted by atomic mass is 9.30. The van der Waals surface area contributed by atoms with E-state index in [1.54, 1.807) is 0 Å². The highest BCUT2D eigenvalue weighted by Crippen LogP contribution is 2.78. The molecule has 6 rings (SSSR count). The Kier molecular flexibility index (Phi) is 10.3. The Bertz CT molecular complexity index is 1430. The second kappa shape index (κ2) is 13.4. The van der Waals surface area contributed by atoms with Gasteiger partial charge in [0.1, 0.15) is 6.10 Å². The molecule has 6 aliphatic rings. The number of hydrogen-bond acceptors (Lipinski definition) is 6. The lowest BCUT2D eigenvalue weighted by Gasteiger charge is -2.75. The first-order valence-corrected chi connectivity index (χ1v) is 21.1. The summed E-state index contributed by atoms with van der Waals surface area (Å²) in [6.07, 6.45) is 11.9. The summed E-state index contributed by atoms with van der Waals surface area (Å²) in [5, 5.41) is 9.80. The van der Waals surface area contributed by atoms with E-state index in [1.807, 2.05) is 13.8 Å². The topological polar surface area (TPSA) is 96.1 Å². The molecule has 0 radical (unpaired) electrons. The van der Waals surface area contributed by atoms with Gasteiger partial charge < -0.3 is 25.4 Å². The molecule has 0 aromatic heterocycles. The number of allylic oxidation sites excluding steroid dienone is 2. The fourth-order valence-electron chi connectivity index (χ4n) is 14.9. The van der Waals surface area contributed by atoms with Crippen molar-refractivity contribution in [2.75, 3.05) is 32.7 Å². The summed E-state index contributed by atoms with van der Waals surface area (Å²) in [5.41, 5.74) is 8.63. The van der Waals surface area contributed by atoms with Crippen molar-refractivity contribution in [1.29, 1.82) is 0 Å². The second-order valence-electron chi connectivity index (χ2n) is 21.2. The van der Waals surface area contributed by atoms with Crippen molar-refractivity contribution in [3.8, 4) is 0 Å². The summed E-state index contributed by atoms with van der Waals surface area (Å²) in [7, 11) is 0. The van der Waals surface area contributed by atoms with Gasteiger partial charge in [0.05, 0.1) is 12.2 Å². The van der Waals surface area contributed by atoms with E-state index >= 15 is 0 Å². The molecule has 5 saturated carbocycles. The van der Waals surface area contributed by atoms with E-state index in [-0.39, 0.29) is 62.8 Å². The van der Waals surface area contributed by atoms with E-state index in [0.29, 0.717) is 36.5 Å². The number of aliphatic hydroxyl groups excluding tert-OH is 1. The van der Waals surface area contributed by atoms with Crippen LogP contribution in [0.1, 0.15) is 146 Å². The van der Waals surface area contributed by atoms with Crippen molar-refractivity contribution in [3.63, 3.8) is 0 Å². The van der Waals surface area contributed by atoms with Gasteiger partial charge in [-0.2, -0.15) is 0 Å². The first-order valence-electron chi connectivity index (χ1n) is 21.1. The van der Waals surface area contributed by atoms with Crippen molar-refractivity contribution in [2.24, 2.45) is 61.9 Å². The summed E-state index contributed by atoms with van der Waals surface area (Å²) >= 11 is 0. The van der Waals surface area contributed by atoms with E-state index in [1.165, 1.54) is 5.57 Å². The first-order chi connectivity index (χ1) is 24.1. The van der Waals surface area contributed by atoms with Crippen LogP contribution < -0.4 is 5.73 Å². The molecule has 1 heterocycles. The van der Waals surface area contributed by atoms with Gasteiger partial charge in [0.2, 0.25) is 5.91 Å². The number of rotatable bonds is 9. The fourth-order valence-corrected chi connectivity index (χ4v) is 14.9. The highest BCUT2D eigenvalue weighted by Gasteiger charge is 2.75. The van der Waals surface area contributed by atoms with Gasteiger partial charge in [-0.1, -0.05) is 74.1 Å². The molecule has 1 amide bonds. The summed E-state index contributed by atoms with van der Waals surface area (Å²) in [5.74, 6) is 1.94. The van der Waals surface area contributed by atoms with Gasteiger partial charge in [0, 0.05) is 50.0 Å². The number of aliphatic hydroxyl groups is 1. The average Bonchev–Trinajstić information content (AvgIpc) is 3.43. The molecule has 1 saturated heterocycles. The molecule has 1 aliphatic heterocycles. The van der Waals surface area contributed by atoms with Crippen LogP contribution in [0.4, 0.5) is 0 Å². The minimum Gasteiger partial charge on any atom is -0.513 e. The number of likely N-dealkylation sites (N-methyl/N-ethyl adjacent to an activating group) is 1. The van der Waals surface area contributed by atoms with Crippen molar-refractivity contribution >= 4 is 11.9 Å². The van der Waals surface area contributed by atoms with Crippen LogP contribution in [0.5, 0.6) is 0 Å². The predicted octanol–water partition coefficient (Wildman–Crippen LogP) is 9.07. The van der Waals surface area contributed by atoms with Crippen molar-refractivity contribution in [1.82, 2.24) is 9.80 Å². The third-order valence-corrected chi connectivity index (χ3v) is 17.7. The molecule has 0 aromatic carbocycles. The summed E-state index contributed by atoms with van der Waals surface area (Å²) in [6, 6.07) is 0. The summed E-state index contributed by atoms with van der Waals surface area (Å²) < 4.78 is 6.37. The molecule has 5 aliphatic carbocycles. The van der Waals surface area contributed by atoms with Crippen LogP contribution in [0.15, 0.2) is 24.5 Å². The Morgan fingerprint density at radius 1 is 0.865 bits per heavy atom. The molecule has 7 heteroatoms. The molecule has 6 fully saturated rings. The van der Waals surface area contributed by atoms with Crippen LogP contribution in [-0.2, 0) is 14.3 Å². The number of nitrogens with zero attached hydrogens (tertiary/aromatic N) is 2. The maximum Gasteiger partial charge on any atom is 0.306 e. The lowest BCUT2D eigenvalue weighted by Crippen LogP contribution is -2.76. The molecular weight excluding hydrogens is 647 g/mol. The van der Waals surface area contributed by atoms with Gasteiger partial charge in [0.25, 0.3) is 0 Å². The van der Waals surface area contributed by atoms with Crippen LogP contribution >= 0.6 is 0 Å². The lowest BCUT2D eigenvalue weighted by molar-refractivity contribution is -0.256. The van der Waals surface area contributed by atoms with Gasteiger partial charge in [-0.15, -0.1) is 0 Å². The van der Waals surface area contributed by atoms with Crippen LogP contribution in [0, 0.1) is 56.2 Å². The summed E-state index contributed by atoms with van der Waals surface area (Å²) in [6.45, 7) is 33.8. The van der Waals surface area contributed by atoms with Gasteiger partial charge in [0.15, 0.2) is 0 Å². The smallest absolute Gasteiger partial charge is 0.306 e. The van der Waals surface area contributed by atoms with E-state index in [2.05, 4.69) is 71.4 Å². The predicted molar refractivity (Wildman–Crippen MR) is 210 cm³/mol. The Labute approximate surface area is 316 Å². The van der Waals surface area contributed by atoms with E-state index in [0.717, 1.165) is 96.9 Å². The molecule has 10 atom stereocenters. The molecule has 7 nitrogen and oxygen atoms in total.